The van der Waals surface area contributed by atoms with Gasteiger partial charge in [-0.1, -0.05) is 95.9 Å². The SMILES string of the molecule is [B]c1c([B])c([B])c(Nc2ccccc2N=Cc2c3ccccc3c(-c3cccc(-c4cccnc4)c3)c3ccccc23)c([B])c1[B]. The minimum absolute atomic E-state index is 0.165. The van der Waals surface area contributed by atoms with E-state index in [4.69, 9.17) is 44.2 Å². The Balaban J connectivity index is 1.37. The summed E-state index contributed by atoms with van der Waals surface area (Å²) in [6.07, 6.45) is 5.60. The molecular weight excluding hydrogens is 552 g/mol. The van der Waals surface area contributed by atoms with Gasteiger partial charge in [0.15, 0.2) is 0 Å². The van der Waals surface area contributed by atoms with Crippen molar-refractivity contribution in [2.45, 2.75) is 0 Å². The van der Waals surface area contributed by atoms with Crippen LogP contribution in [0.1, 0.15) is 5.56 Å². The van der Waals surface area contributed by atoms with Crippen LogP contribution in [0.25, 0.3) is 43.8 Å². The van der Waals surface area contributed by atoms with Gasteiger partial charge >= 0.3 is 0 Å². The highest BCUT2D eigenvalue weighted by atomic mass is 14.9. The monoisotopic (exact) mass is 575 g/mol. The van der Waals surface area contributed by atoms with Gasteiger partial charge in [-0.2, -0.15) is 0 Å². The molecule has 0 bridgehead atoms. The van der Waals surface area contributed by atoms with Crippen LogP contribution in [0.4, 0.5) is 17.1 Å². The summed E-state index contributed by atoms with van der Waals surface area (Å²) in [5, 5.41) is 7.73. The summed E-state index contributed by atoms with van der Waals surface area (Å²) in [7, 11) is 30.8. The molecule has 10 radical (unpaired) electrons. The Hall–Kier alpha value is -5.22. The molecule has 1 heterocycles. The number of hydrogen-bond donors (Lipinski definition) is 1. The molecule has 0 aliphatic carbocycles. The number of aromatic nitrogens is 1. The summed E-state index contributed by atoms with van der Waals surface area (Å²) in [6.45, 7) is 0. The van der Waals surface area contributed by atoms with Gasteiger partial charge in [-0.05, 0) is 62.5 Å². The zero-order valence-corrected chi connectivity index (χ0v) is 24.9. The smallest absolute Gasteiger partial charge is 0.115 e. The average Bonchev–Trinajstić information content (AvgIpc) is 3.11. The minimum Gasteiger partial charge on any atom is -0.355 e. The van der Waals surface area contributed by atoms with Gasteiger partial charge in [-0.3, -0.25) is 9.98 Å². The van der Waals surface area contributed by atoms with Gasteiger partial charge in [-0.15, -0.1) is 16.4 Å². The molecule has 0 saturated heterocycles. The van der Waals surface area contributed by atoms with E-state index in [1.165, 1.54) is 5.56 Å². The molecule has 0 amide bonds. The van der Waals surface area contributed by atoms with Crippen molar-refractivity contribution in [3.63, 3.8) is 0 Å². The number of nitrogens with zero attached hydrogens (tertiary/aromatic N) is 2. The Morgan fingerprint density at radius 3 is 1.76 bits per heavy atom. The van der Waals surface area contributed by atoms with E-state index in [0.717, 1.165) is 43.8 Å². The fourth-order valence-electron chi connectivity index (χ4n) is 5.95. The highest BCUT2D eigenvalue weighted by Crippen LogP contribution is 2.40. The second-order valence-corrected chi connectivity index (χ2v) is 11.0. The van der Waals surface area contributed by atoms with Crippen molar-refractivity contribution in [2.24, 2.45) is 4.99 Å². The lowest BCUT2D eigenvalue weighted by molar-refractivity contribution is 1.33. The highest BCUT2D eigenvalue weighted by Gasteiger charge is 2.16. The van der Waals surface area contributed by atoms with Gasteiger partial charge in [0.2, 0.25) is 0 Å². The number of para-hydroxylation sites is 2. The topological polar surface area (TPSA) is 37.3 Å². The Morgan fingerprint density at radius 2 is 1.11 bits per heavy atom. The van der Waals surface area contributed by atoms with Crippen LogP contribution >= 0.6 is 0 Å². The lowest BCUT2D eigenvalue weighted by atomic mass is 9.61. The lowest BCUT2D eigenvalue weighted by Gasteiger charge is -2.22. The third kappa shape index (κ3) is 5.24. The van der Waals surface area contributed by atoms with Crippen LogP contribution in [0.3, 0.4) is 0 Å². The van der Waals surface area contributed by atoms with Gasteiger partial charge in [0.25, 0.3) is 0 Å². The first-order valence-electron chi connectivity index (χ1n) is 14.8. The predicted octanol–water partition coefficient (Wildman–Crippen LogP) is 4.19. The summed E-state index contributed by atoms with van der Waals surface area (Å²) >= 11 is 0. The molecule has 204 valence electrons. The molecule has 7 rings (SSSR count). The molecule has 0 aliphatic rings. The molecule has 6 aromatic carbocycles. The molecule has 0 fully saturated rings. The number of benzene rings is 6. The van der Waals surface area contributed by atoms with Crippen LogP contribution in [-0.2, 0) is 0 Å². The highest BCUT2D eigenvalue weighted by molar-refractivity contribution is 6.68. The molecule has 8 heteroatoms. The summed E-state index contributed by atoms with van der Waals surface area (Å²) in [4.78, 5) is 9.31. The van der Waals surface area contributed by atoms with E-state index in [-0.39, 0.29) is 27.3 Å². The lowest BCUT2D eigenvalue weighted by Crippen LogP contribution is -2.55. The van der Waals surface area contributed by atoms with E-state index in [2.05, 4.69) is 89.2 Å². The molecular formula is C38H22B5N3. The number of pyridine rings is 1. The Morgan fingerprint density at radius 1 is 0.543 bits per heavy atom. The minimum atomic E-state index is 0.165. The summed E-state index contributed by atoms with van der Waals surface area (Å²) in [5.41, 5.74) is 8.21. The quantitative estimate of drug-likeness (QED) is 0.184. The van der Waals surface area contributed by atoms with E-state index in [1.807, 2.05) is 42.7 Å². The van der Waals surface area contributed by atoms with Crippen LogP contribution in [0.2, 0.25) is 0 Å². The summed E-state index contributed by atoms with van der Waals surface area (Å²) in [5.74, 6) is 0. The maximum absolute atomic E-state index is 6.30. The first kappa shape index (κ1) is 29.5. The van der Waals surface area contributed by atoms with Crippen molar-refractivity contribution in [1.29, 1.82) is 0 Å². The van der Waals surface area contributed by atoms with Crippen molar-refractivity contribution in [1.82, 2.24) is 4.98 Å². The average molecular weight is 575 g/mol. The van der Waals surface area contributed by atoms with Gasteiger partial charge < -0.3 is 5.32 Å². The Kier molecular flexibility index (Phi) is 7.88. The summed E-state index contributed by atoms with van der Waals surface area (Å²) < 4.78 is 0. The van der Waals surface area contributed by atoms with E-state index in [9.17, 15) is 0 Å². The van der Waals surface area contributed by atoms with Gasteiger partial charge in [0.1, 0.15) is 39.2 Å². The molecule has 0 unspecified atom stereocenters. The van der Waals surface area contributed by atoms with Gasteiger partial charge in [-0.25, -0.2) is 0 Å². The van der Waals surface area contributed by atoms with E-state index in [0.29, 0.717) is 17.1 Å². The number of anilines is 2. The molecule has 0 aliphatic heterocycles. The van der Waals surface area contributed by atoms with Crippen molar-refractivity contribution in [2.75, 3.05) is 5.32 Å². The van der Waals surface area contributed by atoms with Crippen molar-refractivity contribution in [3.8, 4) is 22.3 Å². The number of rotatable bonds is 6. The fourth-order valence-corrected chi connectivity index (χ4v) is 5.95. The van der Waals surface area contributed by atoms with Crippen molar-refractivity contribution >= 4 is 111 Å². The van der Waals surface area contributed by atoms with Gasteiger partial charge in [0.05, 0.1) is 11.4 Å². The Bertz CT molecular complexity index is 2220. The van der Waals surface area contributed by atoms with E-state index >= 15 is 0 Å². The fraction of sp³-hybridized carbons (Fsp3) is 0. The molecule has 0 spiro atoms. The number of hydrogen-bond acceptors (Lipinski definition) is 3. The molecule has 1 N–H and O–H groups in total. The molecule has 0 saturated carbocycles. The Labute approximate surface area is 275 Å². The van der Waals surface area contributed by atoms with E-state index < -0.39 is 0 Å². The molecule has 0 atom stereocenters. The molecule has 7 aromatic rings. The second kappa shape index (κ2) is 12.3. The first-order chi connectivity index (χ1) is 22.4. The number of fused-ring (bicyclic) bond motifs is 2. The zero-order chi connectivity index (χ0) is 31.8. The first-order valence-corrected chi connectivity index (χ1v) is 14.8. The molecule has 3 nitrogen and oxygen atoms in total. The van der Waals surface area contributed by atoms with Crippen LogP contribution in [0, 0.1) is 0 Å². The number of nitrogens with one attached hydrogen (secondary N) is 1. The maximum Gasteiger partial charge on any atom is 0.115 e. The van der Waals surface area contributed by atoms with Crippen molar-refractivity contribution < 1.29 is 0 Å². The maximum atomic E-state index is 6.30. The van der Waals surface area contributed by atoms with Crippen molar-refractivity contribution in [3.05, 3.63) is 127 Å². The largest absolute Gasteiger partial charge is 0.355 e. The predicted molar refractivity (Wildman–Crippen MR) is 200 cm³/mol. The van der Waals surface area contributed by atoms with Crippen LogP contribution in [0.5, 0.6) is 0 Å². The van der Waals surface area contributed by atoms with Crippen LogP contribution in [-0.4, -0.2) is 50.4 Å². The van der Waals surface area contributed by atoms with Crippen LogP contribution < -0.4 is 32.6 Å². The van der Waals surface area contributed by atoms with Gasteiger partial charge in [0, 0.05) is 35.4 Å². The zero-order valence-electron chi connectivity index (χ0n) is 24.9. The number of aliphatic imine (C=N–C) groups is 1. The molecule has 1 aromatic heterocycles. The second-order valence-electron chi connectivity index (χ2n) is 11.0. The molecule has 46 heavy (non-hydrogen) atoms. The third-order valence-corrected chi connectivity index (χ3v) is 8.32. The third-order valence-electron chi connectivity index (χ3n) is 8.32. The standard InChI is InChI=1S/C38H22B5N3/c39-33-34(40)36(42)38(37(43)35(33)41)46-31-17-6-5-16-30(31)45-21-29-25-12-1-3-14-27(25)32(28-15-4-2-13-26(28)29)23-10-7-9-22(19-23)24-11-8-18-44-20-24/h1-21,46H. The van der Waals surface area contributed by atoms with Crippen LogP contribution in [0.15, 0.2) is 127 Å². The summed E-state index contributed by atoms with van der Waals surface area (Å²) in [6, 6.07) is 37.2. The van der Waals surface area contributed by atoms with E-state index in [1.54, 1.807) is 6.20 Å². The normalized spacial score (nSPS) is 11.4.